The molecule has 3 fully saturated rings. The first-order valence-corrected chi connectivity index (χ1v) is 15.7. The van der Waals surface area contributed by atoms with Crippen LogP contribution >= 0.6 is 0 Å². The van der Waals surface area contributed by atoms with E-state index in [4.69, 9.17) is 9.97 Å². The number of hydrogen-bond acceptors (Lipinski definition) is 10. The molecule has 7 rings (SSSR count). The summed E-state index contributed by atoms with van der Waals surface area (Å²) in [6.45, 7) is 4.47. The van der Waals surface area contributed by atoms with Crippen molar-refractivity contribution >= 4 is 28.3 Å². The van der Waals surface area contributed by atoms with Gasteiger partial charge >= 0.3 is 0 Å². The zero-order chi connectivity index (χ0) is 27.4. The third kappa shape index (κ3) is 4.55. The molecule has 0 radical (unpaired) electrons. The number of anilines is 3. The predicted octanol–water partition coefficient (Wildman–Crippen LogP) is 2.03. The molecule has 3 unspecified atom stereocenters. The Morgan fingerprint density at radius 1 is 1.12 bits per heavy atom. The summed E-state index contributed by atoms with van der Waals surface area (Å²) in [6, 6.07) is 6.97. The minimum absolute atomic E-state index is 0.308. The fraction of sp³-hybridized carbons (Fsp3) is 0.571. The van der Waals surface area contributed by atoms with Gasteiger partial charge in [0, 0.05) is 69.5 Å². The van der Waals surface area contributed by atoms with Crippen LogP contribution in [0.25, 0.3) is 0 Å². The molecule has 3 atom stereocenters. The summed E-state index contributed by atoms with van der Waals surface area (Å²) in [5.74, 6) is 3.48. The summed E-state index contributed by atoms with van der Waals surface area (Å²) in [6.07, 6.45) is 6.93. The molecule has 1 aromatic carbocycles. The second-order valence-electron chi connectivity index (χ2n) is 11.9. The highest BCUT2D eigenvalue weighted by atomic mass is 32.2. The van der Waals surface area contributed by atoms with Gasteiger partial charge in [-0.25, -0.2) is 4.98 Å². The standard InChI is InChI=1S/C28H36N8O3S/c1-29-24(16-36(37)38)30-17-28(8-2-9-28)33-26-25-23(7-10-40(25)39)31-27(32-26)35-14-20-12-34(13-21(20)15-35)22-6-5-18-3-4-19(18)11-22/h5-6,11,16,20-21,29-30H,2-4,7-10,12-15,17H2,1H3,(H,31,32,33)/b24-16+. The van der Waals surface area contributed by atoms with Crippen molar-refractivity contribution in [2.75, 3.05) is 60.6 Å². The van der Waals surface area contributed by atoms with Gasteiger partial charge in [0.1, 0.15) is 10.7 Å². The molecule has 2 saturated heterocycles. The second-order valence-corrected chi connectivity index (χ2v) is 13.4. The molecule has 5 aliphatic rings. The third-order valence-electron chi connectivity index (χ3n) is 9.48. The second kappa shape index (κ2) is 9.90. The molecule has 1 saturated carbocycles. The first-order chi connectivity index (χ1) is 19.4. The van der Waals surface area contributed by atoms with Crippen molar-refractivity contribution < 1.29 is 9.13 Å². The first kappa shape index (κ1) is 25.6. The first-order valence-electron chi connectivity index (χ1n) is 14.4. The molecule has 0 bridgehead atoms. The van der Waals surface area contributed by atoms with Crippen molar-refractivity contribution in [3.05, 3.63) is 57.2 Å². The molecule has 2 aliphatic carbocycles. The Kier molecular flexibility index (Phi) is 6.32. The molecule has 212 valence electrons. The van der Waals surface area contributed by atoms with Crippen LogP contribution in [0.5, 0.6) is 0 Å². The maximum absolute atomic E-state index is 13.0. The minimum Gasteiger partial charge on any atom is -0.371 e. The van der Waals surface area contributed by atoms with Crippen LogP contribution in [0.3, 0.4) is 0 Å². The molecule has 11 nitrogen and oxygen atoms in total. The molecule has 3 aliphatic heterocycles. The Bertz CT molecular complexity index is 1400. The van der Waals surface area contributed by atoms with Crippen LogP contribution in [0.4, 0.5) is 17.5 Å². The van der Waals surface area contributed by atoms with Gasteiger partial charge in [-0.1, -0.05) is 6.07 Å². The van der Waals surface area contributed by atoms with E-state index in [2.05, 4.69) is 43.9 Å². The number of fused-ring (bicyclic) bond motifs is 3. The number of nitrogens with zero attached hydrogens (tertiary/aromatic N) is 5. The number of aromatic nitrogens is 2. The predicted molar refractivity (Wildman–Crippen MR) is 155 cm³/mol. The van der Waals surface area contributed by atoms with Gasteiger partial charge in [-0.15, -0.1) is 0 Å². The number of nitrogens with one attached hydrogen (secondary N) is 3. The lowest BCUT2D eigenvalue weighted by Gasteiger charge is -2.43. The normalized spacial score (nSPS) is 25.9. The van der Waals surface area contributed by atoms with Crippen LogP contribution in [0.2, 0.25) is 0 Å². The molecule has 3 N–H and O–H groups in total. The van der Waals surface area contributed by atoms with Crippen LogP contribution in [0.1, 0.15) is 36.1 Å². The van der Waals surface area contributed by atoms with Crippen molar-refractivity contribution in [1.82, 2.24) is 20.6 Å². The highest BCUT2D eigenvalue weighted by Gasteiger charge is 2.43. The van der Waals surface area contributed by atoms with Gasteiger partial charge in [0.15, 0.2) is 5.82 Å². The van der Waals surface area contributed by atoms with E-state index in [1.165, 1.54) is 29.7 Å². The number of benzene rings is 1. The van der Waals surface area contributed by atoms with Gasteiger partial charge < -0.3 is 25.8 Å². The van der Waals surface area contributed by atoms with E-state index in [0.717, 1.165) is 68.2 Å². The van der Waals surface area contributed by atoms with Crippen molar-refractivity contribution in [2.24, 2.45) is 11.8 Å². The van der Waals surface area contributed by atoms with E-state index in [1.807, 2.05) is 0 Å². The summed E-state index contributed by atoms with van der Waals surface area (Å²) >= 11 is 0. The number of hydrogen-bond donors (Lipinski definition) is 3. The van der Waals surface area contributed by atoms with Crippen LogP contribution in [-0.4, -0.2) is 70.2 Å². The molecule has 0 amide bonds. The number of nitro groups is 1. The summed E-state index contributed by atoms with van der Waals surface area (Å²) in [7, 11) is 0.528. The molecule has 12 heteroatoms. The summed E-state index contributed by atoms with van der Waals surface area (Å²) < 4.78 is 13.0. The fourth-order valence-corrected chi connectivity index (χ4v) is 8.23. The Hall–Kier alpha value is -3.41. The van der Waals surface area contributed by atoms with E-state index < -0.39 is 15.7 Å². The van der Waals surface area contributed by atoms with E-state index >= 15 is 0 Å². The maximum atomic E-state index is 13.0. The van der Waals surface area contributed by atoms with E-state index in [1.54, 1.807) is 7.05 Å². The Balaban J connectivity index is 1.08. The van der Waals surface area contributed by atoms with Crippen LogP contribution < -0.4 is 25.8 Å². The largest absolute Gasteiger partial charge is 0.371 e. The van der Waals surface area contributed by atoms with Gasteiger partial charge in [0.25, 0.3) is 6.20 Å². The van der Waals surface area contributed by atoms with E-state index in [-0.39, 0.29) is 5.54 Å². The average molecular weight is 565 g/mol. The smallest absolute Gasteiger partial charge is 0.274 e. The van der Waals surface area contributed by atoms with Crippen molar-refractivity contribution in [1.29, 1.82) is 0 Å². The lowest BCUT2D eigenvalue weighted by atomic mass is 9.76. The van der Waals surface area contributed by atoms with Gasteiger partial charge in [0.2, 0.25) is 5.95 Å². The van der Waals surface area contributed by atoms with Gasteiger partial charge in [-0.2, -0.15) is 4.98 Å². The molecular formula is C28H36N8O3S. The zero-order valence-electron chi connectivity index (χ0n) is 22.8. The topological polar surface area (TPSA) is 129 Å². The SMILES string of the molecule is CN/C(=C\[N+](=O)[O-])NCC1(Nc2nc(N3CC4CN(c5ccc6c(c5)CC6)CC4C3)nc3c2S(=O)CC3)CCC1. The third-order valence-corrected chi connectivity index (χ3v) is 10.9. The van der Waals surface area contributed by atoms with Crippen molar-refractivity contribution in [2.45, 2.75) is 49.0 Å². The van der Waals surface area contributed by atoms with Crippen LogP contribution in [-0.2, 0) is 30.1 Å². The Labute approximate surface area is 236 Å². The van der Waals surface area contributed by atoms with E-state index in [0.29, 0.717) is 42.2 Å². The van der Waals surface area contributed by atoms with Crippen molar-refractivity contribution in [3.63, 3.8) is 0 Å². The zero-order valence-corrected chi connectivity index (χ0v) is 23.6. The number of rotatable bonds is 9. The molecule has 2 aromatic rings. The van der Waals surface area contributed by atoms with E-state index in [9.17, 15) is 14.3 Å². The summed E-state index contributed by atoms with van der Waals surface area (Å²) in [5.41, 5.74) is 4.95. The van der Waals surface area contributed by atoms with Gasteiger partial charge in [-0.05, 0) is 55.4 Å². The van der Waals surface area contributed by atoms with Gasteiger partial charge in [-0.3, -0.25) is 14.3 Å². The molecular weight excluding hydrogens is 528 g/mol. The molecule has 1 aromatic heterocycles. The molecule has 0 spiro atoms. The molecule has 40 heavy (non-hydrogen) atoms. The highest BCUT2D eigenvalue weighted by molar-refractivity contribution is 7.85. The highest BCUT2D eigenvalue weighted by Crippen LogP contribution is 2.41. The van der Waals surface area contributed by atoms with Crippen LogP contribution in [0.15, 0.2) is 35.1 Å². The number of aryl methyl sites for hydroxylation is 3. The fourth-order valence-electron chi connectivity index (χ4n) is 6.92. The average Bonchev–Trinajstić information content (AvgIpc) is 3.58. The lowest BCUT2D eigenvalue weighted by molar-refractivity contribution is -0.404. The Morgan fingerprint density at radius 3 is 2.50 bits per heavy atom. The summed E-state index contributed by atoms with van der Waals surface area (Å²) in [5, 5.41) is 20.6. The van der Waals surface area contributed by atoms with Crippen LogP contribution in [0, 0.1) is 22.0 Å². The summed E-state index contributed by atoms with van der Waals surface area (Å²) in [4.78, 5) is 26.0. The monoisotopic (exact) mass is 564 g/mol. The van der Waals surface area contributed by atoms with Crippen molar-refractivity contribution in [3.8, 4) is 0 Å². The van der Waals surface area contributed by atoms with Gasteiger partial charge in [0.05, 0.1) is 27.0 Å². The minimum atomic E-state index is -1.13. The maximum Gasteiger partial charge on any atom is 0.274 e. The molecule has 4 heterocycles. The Morgan fingerprint density at radius 2 is 1.88 bits per heavy atom. The lowest BCUT2D eigenvalue weighted by Crippen LogP contribution is -2.53. The quantitative estimate of drug-likeness (QED) is 0.307.